The molecular formula is C60H101N19O15. The maximum atomic E-state index is 14.6. The second kappa shape index (κ2) is 39.9. The number of hydrogen-bond acceptors (Lipinski definition) is 17. The Hall–Kier alpha value is -9.37. The van der Waals surface area contributed by atoms with Crippen molar-refractivity contribution >= 4 is 88.8 Å². The Balaban J connectivity index is 2.48. The van der Waals surface area contributed by atoms with E-state index in [-0.39, 0.29) is 81.7 Å². The average Bonchev–Trinajstić information content (AvgIpc) is 1.53. The molecular weight excluding hydrogens is 1230 g/mol. The quantitative estimate of drug-likeness (QED) is 0.0167. The number of guanidine groups is 2. The third-order valence-electron chi connectivity index (χ3n) is 15.7. The third-order valence-corrected chi connectivity index (χ3v) is 15.7. The lowest BCUT2D eigenvalue weighted by atomic mass is 9.96. The number of rotatable bonds is 41. The van der Waals surface area contributed by atoms with Crippen molar-refractivity contribution in [2.75, 3.05) is 19.6 Å². The van der Waals surface area contributed by atoms with Gasteiger partial charge in [-0.05, 0) is 93.2 Å². The maximum absolute atomic E-state index is 14.6. The van der Waals surface area contributed by atoms with Gasteiger partial charge in [-0.2, -0.15) is 0 Å². The average molecular weight is 1330 g/mol. The van der Waals surface area contributed by atoms with E-state index in [0.717, 1.165) is 0 Å². The van der Waals surface area contributed by atoms with Crippen LogP contribution in [0, 0.1) is 23.7 Å². The molecule has 1 aliphatic heterocycles. The zero-order chi connectivity index (χ0) is 71.3. The van der Waals surface area contributed by atoms with E-state index in [1.54, 1.807) is 41.5 Å². The number of nitrogens with zero attached hydrogens (tertiary/aromatic N) is 3. The highest BCUT2D eigenvalue weighted by Crippen LogP contribution is 2.23. The Bertz CT molecular complexity index is 2850. The number of benzene rings is 1. The first kappa shape index (κ1) is 80.7. The number of carbonyl (C=O) groups excluding carboxylic acids is 12. The number of carbonyl (C=O) groups is 13. The Labute approximate surface area is 547 Å². The molecule has 1 saturated heterocycles. The van der Waals surface area contributed by atoms with Gasteiger partial charge >= 0.3 is 5.97 Å². The number of carboxylic acid groups (broad SMARTS) is 1. The Morgan fingerprint density at radius 3 is 1.51 bits per heavy atom. The smallest absolute Gasteiger partial charge is 0.326 e. The summed E-state index contributed by atoms with van der Waals surface area (Å²) in [5.41, 5.74) is 39.4. The predicted molar refractivity (Wildman–Crippen MR) is 346 cm³/mol. The van der Waals surface area contributed by atoms with Gasteiger partial charge in [-0.25, -0.2) is 4.79 Å². The highest BCUT2D eigenvalue weighted by atomic mass is 16.4. The Morgan fingerprint density at radius 2 is 1.00 bits per heavy atom. The zero-order valence-corrected chi connectivity index (χ0v) is 55.2. The van der Waals surface area contributed by atoms with Crippen LogP contribution in [0.1, 0.15) is 139 Å². The van der Waals surface area contributed by atoms with Crippen LogP contribution in [0.4, 0.5) is 0 Å². The van der Waals surface area contributed by atoms with Gasteiger partial charge < -0.3 is 103 Å². The zero-order valence-electron chi connectivity index (χ0n) is 55.2. The van der Waals surface area contributed by atoms with E-state index >= 15 is 0 Å². The van der Waals surface area contributed by atoms with Crippen LogP contribution >= 0.6 is 0 Å². The van der Waals surface area contributed by atoms with Crippen molar-refractivity contribution in [2.24, 2.45) is 73.8 Å². The van der Waals surface area contributed by atoms with Crippen LogP contribution < -0.4 is 88.0 Å². The molecule has 1 aromatic carbocycles. The fourth-order valence-electron chi connectivity index (χ4n) is 9.92. The highest BCUT2D eigenvalue weighted by molar-refractivity contribution is 6.01. The van der Waals surface area contributed by atoms with Crippen LogP contribution in [-0.2, 0) is 68.7 Å². The van der Waals surface area contributed by atoms with Crippen LogP contribution in [0.15, 0.2) is 34.3 Å². The van der Waals surface area contributed by atoms with Crippen molar-refractivity contribution in [3.05, 3.63) is 29.8 Å². The lowest BCUT2D eigenvalue weighted by molar-refractivity contribution is -0.146. The number of nitrogens with two attached hydrogens (primary N) is 7. The first-order chi connectivity index (χ1) is 44.0. The predicted octanol–water partition coefficient (Wildman–Crippen LogP) is -4.63. The Morgan fingerprint density at radius 1 is 0.543 bits per heavy atom. The van der Waals surface area contributed by atoms with Gasteiger partial charge in [0.15, 0.2) is 11.9 Å². The van der Waals surface area contributed by atoms with Gasteiger partial charge in [0.25, 0.3) is 0 Å². The molecule has 12 amide bonds. The minimum absolute atomic E-state index is 0.0153. The molecule has 1 heterocycles. The summed E-state index contributed by atoms with van der Waals surface area (Å²) < 4.78 is 0. The maximum Gasteiger partial charge on any atom is 0.326 e. The molecule has 1 aromatic rings. The van der Waals surface area contributed by atoms with Gasteiger partial charge in [-0.1, -0.05) is 80.4 Å². The number of aliphatic imine (C=N–C) groups is 2. The molecule has 0 unspecified atom stereocenters. The number of amides is 12. The molecule has 1 fully saturated rings. The molecule has 0 aromatic heterocycles. The van der Waals surface area contributed by atoms with Gasteiger partial charge in [0.05, 0.1) is 18.9 Å². The number of phenolic OH excluding ortho intramolecular Hbond substituents is 1. The van der Waals surface area contributed by atoms with Gasteiger partial charge in [-0.15, -0.1) is 0 Å². The van der Waals surface area contributed by atoms with Crippen molar-refractivity contribution in [1.29, 1.82) is 0 Å². The third kappa shape index (κ3) is 27.8. The van der Waals surface area contributed by atoms with Gasteiger partial charge in [0.2, 0.25) is 70.9 Å². The van der Waals surface area contributed by atoms with Crippen molar-refractivity contribution in [3.63, 3.8) is 0 Å². The number of nitrogens with one attached hydrogen (secondary N) is 9. The summed E-state index contributed by atoms with van der Waals surface area (Å²) in [6, 6.07) is -10.0. The van der Waals surface area contributed by atoms with E-state index in [0.29, 0.717) is 31.2 Å². The van der Waals surface area contributed by atoms with E-state index in [2.05, 4.69) is 57.8 Å². The molecule has 34 nitrogen and oxygen atoms in total. The summed E-state index contributed by atoms with van der Waals surface area (Å²) in [5, 5.41) is 42.6. The number of likely N-dealkylation sites (tertiary alicyclic amines) is 1. The molecule has 0 bridgehead atoms. The van der Waals surface area contributed by atoms with Gasteiger partial charge in [0, 0.05) is 26.1 Å². The van der Waals surface area contributed by atoms with Crippen LogP contribution in [0.2, 0.25) is 0 Å². The molecule has 94 heavy (non-hydrogen) atoms. The largest absolute Gasteiger partial charge is 0.508 e. The number of carboxylic acids is 1. The first-order valence-electron chi connectivity index (χ1n) is 31.5. The molecule has 34 heteroatoms. The van der Waals surface area contributed by atoms with Crippen molar-refractivity contribution in [2.45, 2.75) is 206 Å². The molecule has 25 N–H and O–H groups in total. The summed E-state index contributed by atoms with van der Waals surface area (Å²) in [6.07, 6.45) is -0.254. The van der Waals surface area contributed by atoms with Gasteiger partial charge in [0.1, 0.15) is 66.2 Å². The van der Waals surface area contributed by atoms with Crippen molar-refractivity contribution in [3.8, 4) is 5.75 Å². The lowest BCUT2D eigenvalue weighted by Crippen LogP contribution is -2.61. The van der Waals surface area contributed by atoms with Crippen LogP contribution in [0.3, 0.4) is 0 Å². The molecule has 0 radical (unpaired) electrons. The number of aliphatic carboxylic acids is 1. The van der Waals surface area contributed by atoms with Crippen LogP contribution in [0.5, 0.6) is 5.75 Å². The molecule has 1 aliphatic rings. The monoisotopic (exact) mass is 1330 g/mol. The van der Waals surface area contributed by atoms with Crippen molar-refractivity contribution in [1.82, 2.24) is 52.8 Å². The summed E-state index contributed by atoms with van der Waals surface area (Å²) in [6.45, 7) is 15.1. The molecule has 526 valence electrons. The Kier molecular flexibility index (Phi) is 34.3. The number of primary amides is 2. The number of phenols is 1. The topological polar surface area (TPSA) is 581 Å². The number of aromatic hydroxyl groups is 1. The summed E-state index contributed by atoms with van der Waals surface area (Å²) in [7, 11) is 0. The molecule has 2 rings (SSSR count). The highest BCUT2D eigenvalue weighted by Gasteiger charge is 2.42. The van der Waals surface area contributed by atoms with E-state index in [4.69, 9.17) is 40.1 Å². The van der Waals surface area contributed by atoms with E-state index in [1.807, 2.05) is 13.8 Å². The summed E-state index contributed by atoms with van der Waals surface area (Å²) in [4.78, 5) is 186. The molecule has 0 spiro atoms. The minimum atomic E-state index is -1.89. The SMILES string of the molecule is CC[C@H](C)[C@H](NC(=O)[C@H](CC(C)C)NC(=O)[C@@H](N)CCCN=C(N)N)C(=O)N[C@@H](CCCN=C(N)N)C(=O)N[C@@H](Cc1ccc(O)cc1)C(=O)N[C@@H](C)C(=O)N[C@@H](CC(N)=O)C(=O)N[C@@H](CC(N)=O)C(=O)N[C@H](C(=O)N1CCC[C@H]1C(=O)N[C@H](C(=O)O)C(C)C)[C@@H](C)CC. The van der Waals surface area contributed by atoms with E-state index < -0.39 is 174 Å². The normalized spacial score (nSPS) is 16.6. The second-order valence-corrected chi connectivity index (χ2v) is 24.4. The van der Waals surface area contributed by atoms with E-state index in [9.17, 15) is 72.5 Å². The molecule has 0 aliphatic carbocycles. The minimum Gasteiger partial charge on any atom is -0.508 e. The standard InChI is InChI=1S/C60H101N19O15/c1-10-31(7)46(77-53(88)38(25-29(3)4)73-49(84)36(61)15-12-22-68-59(64)65)56(91)71-37(16-13-23-69-60(66)67)50(85)74-39(26-34-18-20-35(80)21-19-34)51(86)70-33(9)48(83)72-40(27-43(62)81)52(87)75-41(28-44(63)82)54(89)78-47(32(8)11-2)57(92)79-24-14-17-42(79)55(90)76-45(30(5)6)58(93)94/h18-21,29-33,36-42,45-47,80H,10-17,22-28,61H2,1-9H3,(H2,62,81)(H2,63,82)(H,70,86)(H,71,91)(H,72,83)(H,73,84)(H,74,85)(H,75,87)(H,76,90)(H,77,88)(H,78,89)(H,93,94)(H4,64,65,68)(H4,66,67,69)/t31-,32-,33-,36-,37-,38-,39-,40-,41-,42-,45-,46-,47-/m0/s1. The molecule has 0 saturated carbocycles. The van der Waals surface area contributed by atoms with Gasteiger partial charge in [-0.3, -0.25) is 67.5 Å². The van der Waals surface area contributed by atoms with E-state index in [1.165, 1.54) is 36.1 Å². The molecule has 13 atom stereocenters. The summed E-state index contributed by atoms with van der Waals surface area (Å²) >= 11 is 0. The van der Waals surface area contributed by atoms with Crippen molar-refractivity contribution < 1.29 is 72.5 Å². The fourth-order valence-corrected chi connectivity index (χ4v) is 9.92. The van der Waals surface area contributed by atoms with Crippen LogP contribution in [0.25, 0.3) is 0 Å². The lowest BCUT2D eigenvalue weighted by Gasteiger charge is -2.33. The second-order valence-electron chi connectivity index (χ2n) is 24.4. The van der Waals surface area contributed by atoms with Crippen LogP contribution in [-0.4, -0.2) is 190 Å². The number of hydrogen-bond donors (Lipinski definition) is 18. The fraction of sp³-hybridized carbons (Fsp3) is 0.650. The first-order valence-corrected chi connectivity index (χ1v) is 31.5. The summed E-state index contributed by atoms with van der Waals surface area (Å²) in [5.74, 6) is -14.9.